The van der Waals surface area contributed by atoms with Gasteiger partial charge < -0.3 is 10.2 Å². The van der Waals surface area contributed by atoms with Gasteiger partial charge in [-0.3, -0.25) is 4.79 Å². The zero-order chi connectivity index (χ0) is 15.2. The molecule has 3 nitrogen and oxygen atoms in total. The van der Waals surface area contributed by atoms with Crippen LogP contribution in [-0.4, -0.2) is 36.5 Å². The van der Waals surface area contributed by atoms with E-state index in [0.717, 1.165) is 32.5 Å². The van der Waals surface area contributed by atoms with Gasteiger partial charge in [0.2, 0.25) is 5.91 Å². The zero-order valence-corrected chi connectivity index (χ0v) is 12.9. The highest BCUT2D eigenvalue weighted by Crippen LogP contribution is 2.36. The molecule has 21 heavy (non-hydrogen) atoms. The third kappa shape index (κ3) is 4.27. The maximum Gasteiger partial charge on any atom is 0.223 e. The van der Waals surface area contributed by atoms with Gasteiger partial charge in [0, 0.05) is 32.1 Å². The Bertz CT molecular complexity index is 450. The SMILES string of the molecule is CCN(CC)C(=O)CCNC1CC(c2ccc(F)cc2)C1. The van der Waals surface area contributed by atoms with Crippen LogP contribution in [0.4, 0.5) is 4.39 Å². The zero-order valence-electron chi connectivity index (χ0n) is 12.9. The third-order valence-electron chi connectivity index (χ3n) is 4.37. The molecule has 0 atom stereocenters. The Morgan fingerprint density at radius 2 is 1.86 bits per heavy atom. The van der Waals surface area contributed by atoms with E-state index in [4.69, 9.17) is 0 Å². The smallest absolute Gasteiger partial charge is 0.223 e. The summed E-state index contributed by atoms with van der Waals surface area (Å²) >= 11 is 0. The van der Waals surface area contributed by atoms with Crippen LogP contribution in [0.5, 0.6) is 0 Å². The largest absolute Gasteiger partial charge is 0.343 e. The molecule has 2 rings (SSSR count). The fourth-order valence-corrected chi connectivity index (χ4v) is 2.91. The van der Waals surface area contributed by atoms with E-state index in [-0.39, 0.29) is 11.7 Å². The monoisotopic (exact) mass is 292 g/mol. The van der Waals surface area contributed by atoms with Crippen molar-refractivity contribution in [2.45, 2.75) is 45.1 Å². The lowest BCUT2D eigenvalue weighted by Gasteiger charge is -2.36. The molecular formula is C17H25FN2O. The molecule has 1 aromatic carbocycles. The lowest BCUT2D eigenvalue weighted by atomic mass is 9.76. The maximum atomic E-state index is 12.9. The van der Waals surface area contributed by atoms with Crippen LogP contribution in [-0.2, 0) is 4.79 Å². The number of benzene rings is 1. The van der Waals surface area contributed by atoms with Crippen molar-refractivity contribution in [2.75, 3.05) is 19.6 Å². The summed E-state index contributed by atoms with van der Waals surface area (Å²) in [7, 11) is 0. The number of rotatable bonds is 7. The molecule has 1 N–H and O–H groups in total. The molecule has 1 aromatic rings. The highest BCUT2D eigenvalue weighted by Gasteiger charge is 2.29. The summed E-state index contributed by atoms with van der Waals surface area (Å²) in [5.74, 6) is 0.575. The van der Waals surface area contributed by atoms with Crippen molar-refractivity contribution in [3.05, 3.63) is 35.6 Å². The fraction of sp³-hybridized carbons (Fsp3) is 0.588. The summed E-state index contributed by atoms with van der Waals surface area (Å²) in [6, 6.07) is 7.29. The molecule has 0 spiro atoms. The molecule has 0 saturated heterocycles. The molecule has 0 heterocycles. The van der Waals surface area contributed by atoms with Crippen LogP contribution in [0.25, 0.3) is 0 Å². The molecule has 0 unspecified atom stereocenters. The molecule has 0 aromatic heterocycles. The molecule has 1 fully saturated rings. The van der Waals surface area contributed by atoms with Crippen molar-refractivity contribution in [1.82, 2.24) is 10.2 Å². The maximum absolute atomic E-state index is 12.9. The topological polar surface area (TPSA) is 32.3 Å². The average molecular weight is 292 g/mol. The van der Waals surface area contributed by atoms with Crippen molar-refractivity contribution in [3.63, 3.8) is 0 Å². The minimum atomic E-state index is -0.178. The molecule has 1 saturated carbocycles. The Balaban J connectivity index is 1.65. The lowest BCUT2D eigenvalue weighted by molar-refractivity contribution is -0.130. The number of carbonyl (C=O) groups is 1. The first kappa shape index (κ1) is 16.0. The van der Waals surface area contributed by atoms with Gasteiger partial charge >= 0.3 is 0 Å². The first-order valence-electron chi connectivity index (χ1n) is 7.90. The van der Waals surface area contributed by atoms with E-state index in [1.807, 2.05) is 30.9 Å². The van der Waals surface area contributed by atoms with Gasteiger partial charge in [0.1, 0.15) is 5.82 Å². The molecule has 4 heteroatoms. The number of nitrogens with one attached hydrogen (secondary N) is 1. The van der Waals surface area contributed by atoms with Gasteiger partial charge in [-0.05, 0) is 50.3 Å². The highest BCUT2D eigenvalue weighted by molar-refractivity contribution is 5.76. The first-order valence-corrected chi connectivity index (χ1v) is 7.90. The normalized spacial score (nSPS) is 20.9. The third-order valence-corrected chi connectivity index (χ3v) is 4.37. The van der Waals surface area contributed by atoms with E-state index in [9.17, 15) is 9.18 Å². The minimum absolute atomic E-state index is 0.178. The second-order valence-electron chi connectivity index (χ2n) is 5.69. The Morgan fingerprint density at radius 1 is 1.24 bits per heavy atom. The van der Waals surface area contributed by atoms with E-state index in [1.54, 1.807) is 0 Å². The molecule has 116 valence electrons. The summed E-state index contributed by atoms with van der Waals surface area (Å²) in [6.07, 6.45) is 2.72. The molecule has 0 aliphatic heterocycles. The van der Waals surface area contributed by atoms with Crippen molar-refractivity contribution >= 4 is 5.91 Å². The van der Waals surface area contributed by atoms with Gasteiger partial charge in [-0.15, -0.1) is 0 Å². The fourth-order valence-electron chi connectivity index (χ4n) is 2.91. The van der Waals surface area contributed by atoms with Gasteiger partial charge in [0.15, 0.2) is 0 Å². The molecule has 0 radical (unpaired) electrons. The first-order chi connectivity index (χ1) is 10.1. The Morgan fingerprint density at radius 3 is 2.43 bits per heavy atom. The standard InChI is InChI=1S/C17H25FN2O/c1-3-20(4-2)17(21)9-10-19-16-11-14(12-16)13-5-7-15(18)8-6-13/h5-8,14,16,19H,3-4,9-12H2,1-2H3. The molecule has 1 aliphatic rings. The van der Waals surface area contributed by atoms with Crippen LogP contribution in [0, 0.1) is 5.82 Å². The number of halogens is 1. The van der Waals surface area contributed by atoms with Crippen LogP contribution < -0.4 is 5.32 Å². The van der Waals surface area contributed by atoms with Crippen molar-refractivity contribution in [3.8, 4) is 0 Å². The van der Waals surface area contributed by atoms with Crippen molar-refractivity contribution in [1.29, 1.82) is 0 Å². The van der Waals surface area contributed by atoms with Crippen LogP contribution in [0.15, 0.2) is 24.3 Å². The van der Waals surface area contributed by atoms with Gasteiger partial charge in [-0.1, -0.05) is 12.1 Å². The Hall–Kier alpha value is -1.42. The second kappa shape index (κ2) is 7.55. The van der Waals surface area contributed by atoms with E-state index < -0.39 is 0 Å². The predicted molar refractivity (Wildman–Crippen MR) is 82.7 cm³/mol. The van der Waals surface area contributed by atoms with Gasteiger partial charge in [-0.25, -0.2) is 4.39 Å². The Kier molecular flexibility index (Phi) is 5.74. The van der Waals surface area contributed by atoms with Crippen LogP contribution in [0.1, 0.15) is 44.6 Å². The van der Waals surface area contributed by atoms with Gasteiger partial charge in [0.25, 0.3) is 0 Å². The Labute approximate surface area is 126 Å². The minimum Gasteiger partial charge on any atom is -0.343 e. The lowest BCUT2D eigenvalue weighted by Crippen LogP contribution is -2.42. The number of hydrogen-bond donors (Lipinski definition) is 1. The molecule has 0 bridgehead atoms. The number of hydrogen-bond acceptors (Lipinski definition) is 2. The molecule has 1 amide bonds. The van der Waals surface area contributed by atoms with Crippen LogP contribution in [0.2, 0.25) is 0 Å². The molecule has 1 aliphatic carbocycles. The van der Waals surface area contributed by atoms with Crippen LogP contribution >= 0.6 is 0 Å². The van der Waals surface area contributed by atoms with Crippen molar-refractivity contribution < 1.29 is 9.18 Å². The summed E-state index contributed by atoms with van der Waals surface area (Å²) in [4.78, 5) is 13.7. The predicted octanol–water partition coefficient (Wildman–Crippen LogP) is 2.92. The summed E-state index contributed by atoms with van der Waals surface area (Å²) in [5, 5.41) is 3.44. The number of carbonyl (C=O) groups excluding carboxylic acids is 1. The molecular weight excluding hydrogens is 267 g/mol. The highest BCUT2D eigenvalue weighted by atomic mass is 19.1. The van der Waals surface area contributed by atoms with Gasteiger partial charge in [-0.2, -0.15) is 0 Å². The number of nitrogens with zero attached hydrogens (tertiary/aromatic N) is 1. The quantitative estimate of drug-likeness (QED) is 0.838. The van der Waals surface area contributed by atoms with E-state index in [0.29, 0.717) is 18.4 Å². The van der Waals surface area contributed by atoms with E-state index >= 15 is 0 Å². The van der Waals surface area contributed by atoms with Crippen molar-refractivity contribution in [2.24, 2.45) is 0 Å². The average Bonchev–Trinajstić information content (AvgIpc) is 2.44. The second-order valence-corrected chi connectivity index (χ2v) is 5.69. The van der Waals surface area contributed by atoms with Crippen LogP contribution in [0.3, 0.4) is 0 Å². The van der Waals surface area contributed by atoms with E-state index in [1.165, 1.54) is 17.7 Å². The summed E-state index contributed by atoms with van der Waals surface area (Å²) in [6.45, 7) is 6.33. The summed E-state index contributed by atoms with van der Waals surface area (Å²) in [5.41, 5.74) is 1.22. The van der Waals surface area contributed by atoms with E-state index in [2.05, 4.69) is 5.32 Å². The summed E-state index contributed by atoms with van der Waals surface area (Å²) < 4.78 is 12.9. The van der Waals surface area contributed by atoms with Gasteiger partial charge in [0.05, 0.1) is 0 Å². The number of amides is 1.